The van der Waals surface area contributed by atoms with Gasteiger partial charge in [0.1, 0.15) is 12.4 Å². The summed E-state index contributed by atoms with van der Waals surface area (Å²) in [6.07, 6.45) is 3.98. The first-order valence-corrected chi connectivity index (χ1v) is 12.4. The van der Waals surface area contributed by atoms with E-state index >= 15 is 0 Å². The van der Waals surface area contributed by atoms with E-state index in [9.17, 15) is 9.59 Å². The molecule has 0 N–H and O–H groups in total. The molecule has 0 unspecified atom stereocenters. The van der Waals surface area contributed by atoms with Crippen molar-refractivity contribution in [2.24, 2.45) is 0 Å². The molecule has 2 aliphatic rings. The van der Waals surface area contributed by atoms with E-state index in [0.29, 0.717) is 47.3 Å². The largest absolute Gasteiger partial charge is 0.493 e. The molecule has 0 saturated carbocycles. The molecule has 3 aromatic rings. The third-order valence-electron chi connectivity index (χ3n) is 6.78. The summed E-state index contributed by atoms with van der Waals surface area (Å²) in [5.74, 6) is 2.55. The van der Waals surface area contributed by atoms with E-state index in [4.69, 9.17) is 28.4 Å². The van der Waals surface area contributed by atoms with Crippen LogP contribution in [-0.2, 0) is 16.0 Å². The molecule has 0 spiro atoms. The molecule has 2 heterocycles. The molecule has 39 heavy (non-hydrogen) atoms. The number of hydrogen-bond acceptors (Lipinski definition) is 8. The van der Waals surface area contributed by atoms with E-state index in [1.165, 1.54) is 7.11 Å². The van der Waals surface area contributed by atoms with Gasteiger partial charge in [-0.3, -0.25) is 4.79 Å². The van der Waals surface area contributed by atoms with Gasteiger partial charge in [0.15, 0.2) is 23.0 Å². The van der Waals surface area contributed by atoms with Gasteiger partial charge in [0.2, 0.25) is 12.7 Å². The Morgan fingerprint density at radius 3 is 2.44 bits per heavy atom. The highest BCUT2D eigenvalue weighted by Gasteiger charge is 2.32. The van der Waals surface area contributed by atoms with Crippen LogP contribution in [0.15, 0.2) is 60.7 Å². The Hall–Kier alpha value is -4.66. The van der Waals surface area contributed by atoms with Crippen LogP contribution < -0.4 is 23.7 Å². The zero-order valence-electron chi connectivity index (χ0n) is 22.0. The summed E-state index contributed by atoms with van der Waals surface area (Å²) < 4.78 is 32.7. The van der Waals surface area contributed by atoms with Crippen LogP contribution in [0.5, 0.6) is 28.7 Å². The van der Waals surface area contributed by atoms with E-state index in [2.05, 4.69) is 0 Å². The van der Waals surface area contributed by atoms with Gasteiger partial charge in [-0.2, -0.15) is 0 Å². The van der Waals surface area contributed by atoms with E-state index < -0.39 is 5.97 Å². The van der Waals surface area contributed by atoms with E-state index in [0.717, 1.165) is 16.7 Å². The van der Waals surface area contributed by atoms with Crippen molar-refractivity contribution in [2.75, 3.05) is 41.3 Å². The van der Waals surface area contributed by atoms with Gasteiger partial charge in [0.25, 0.3) is 0 Å². The van der Waals surface area contributed by atoms with Crippen molar-refractivity contribution in [1.29, 1.82) is 0 Å². The highest BCUT2D eigenvalue weighted by atomic mass is 16.7. The number of hydrogen-bond donors (Lipinski definition) is 0. The summed E-state index contributed by atoms with van der Waals surface area (Å²) >= 11 is 0. The first-order chi connectivity index (χ1) is 19.0. The van der Waals surface area contributed by atoms with Crippen molar-refractivity contribution < 1.29 is 38.0 Å². The van der Waals surface area contributed by atoms with Crippen molar-refractivity contribution in [3.05, 3.63) is 82.9 Å². The fourth-order valence-electron chi connectivity index (χ4n) is 4.73. The lowest BCUT2D eigenvalue weighted by atomic mass is 9.92. The molecule has 0 fully saturated rings. The van der Waals surface area contributed by atoms with Crippen molar-refractivity contribution in [2.45, 2.75) is 12.5 Å². The topological polar surface area (TPSA) is 92.8 Å². The molecule has 2 aliphatic heterocycles. The van der Waals surface area contributed by atoms with Gasteiger partial charge in [-0.1, -0.05) is 6.07 Å². The first kappa shape index (κ1) is 26.0. The monoisotopic (exact) mass is 531 g/mol. The zero-order valence-corrected chi connectivity index (χ0v) is 22.0. The summed E-state index contributed by atoms with van der Waals surface area (Å²) in [5.41, 5.74) is 3.24. The molecule has 9 nitrogen and oxygen atoms in total. The van der Waals surface area contributed by atoms with Crippen molar-refractivity contribution in [3.8, 4) is 28.7 Å². The standard InChI is InChI=1S/C30H29NO8/c1-34-26-15-21-12-13-31(29(32)11-5-19-4-10-25-28(14-19)39-18-38-25)24(23(21)16-27(26)35-2)17-37-22-8-6-20(7-9-22)30(33)36-3/h4-11,14-16,24H,12-13,17-18H2,1-3H3/b11-5+/t24-/m1/s1. The molecule has 0 bridgehead atoms. The quantitative estimate of drug-likeness (QED) is 0.311. The SMILES string of the molecule is COC(=O)c1ccc(OC[C@@H]2c3cc(OC)c(OC)cc3CCN2C(=O)/C=C/c2ccc3c(c2)OCO3)cc1. The molecule has 5 rings (SSSR count). The van der Waals surface area contributed by atoms with Crippen LogP contribution >= 0.6 is 0 Å². The molecular weight excluding hydrogens is 502 g/mol. The van der Waals surface area contributed by atoms with E-state index in [1.54, 1.807) is 55.5 Å². The summed E-state index contributed by atoms with van der Waals surface area (Å²) in [7, 11) is 4.52. The molecule has 1 atom stereocenters. The Morgan fingerprint density at radius 1 is 0.949 bits per heavy atom. The lowest BCUT2D eigenvalue weighted by molar-refractivity contribution is -0.129. The lowest BCUT2D eigenvalue weighted by Gasteiger charge is -2.37. The number of benzene rings is 3. The van der Waals surface area contributed by atoms with Crippen LogP contribution in [0.25, 0.3) is 6.08 Å². The maximum absolute atomic E-state index is 13.5. The molecule has 202 valence electrons. The number of fused-ring (bicyclic) bond motifs is 2. The fraction of sp³-hybridized carbons (Fsp3) is 0.267. The number of amides is 1. The van der Waals surface area contributed by atoms with Gasteiger partial charge in [0.05, 0.1) is 32.9 Å². The van der Waals surface area contributed by atoms with Gasteiger partial charge in [0, 0.05) is 12.6 Å². The molecule has 9 heteroatoms. The van der Waals surface area contributed by atoms with Gasteiger partial charge in [-0.15, -0.1) is 0 Å². The molecule has 0 radical (unpaired) electrons. The molecule has 0 saturated heterocycles. The number of esters is 1. The third kappa shape index (κ3) is 5.47. The molecule has 1 amide bonds. The Balaban J connectivity index is 1.40. The van der Waals surface area contributed by atoms with Gasteiger partial charge >= 0.3 is 5.97 Å². The van der Waals surface area contributed by atoms with E-state index in [-0.39, 0.29) is 25.3 Å². The normalized spacial score (nSPS) is 15.6. The summed E-state index contributed by atoms with van der Waals surface area (Å²) in [4.78, 5) is 27.0. The maximum Gasteiger partial charge on any atom is 0.337 e. The van der Waals surface area contributed by atoms with Crippen LogP contribution in [-0.4, -0.2) is 58.1 Å². The average Bonchev–Trinajstić information content (AvgIpc) is 3.45. The number of carbonyl (C=O) groups excluding carboxylic acids is 2. The van der Waals surface area contributed by atoms with Gasteiger partial charge in [-0.25, -0.2) is 4.79 Å². The minimum absolute atomic E-state index is 0.150. The second kappa shape index (κ2) is 11.4. The van der Waals surface area contributed by atoms with Crippen LogP contribution in [0.4, 0.5) is 0 Å². The van der Waals surface area contributed by atoms with Crippen LogP contribution in [0, 0.1) is 0 Å². The van der Waals surface area contributed by atoms with Crippen molar-refractivity contribution >= 4 is 18.0 Å². The predicted molar refractivity (Wildman–Crippen MR) is 143 cm³/mol. The van der Waals surface area contributed by atoms with Crippen LogP contribution in [0.2, 0.25) is 0 Å². The first-order valence-electron chi connectivity index (χ1n) is 12.4. The average molecular weight is 532 g/mol. The zero-order chi connectivity index (χ0) is 27.4. The predicted octanol–water partition coefficient (Wildman–Crippen LogP) is 4.44. The highest BCUT2D eigenvalue weighted by molar-refractivity contribution is 5.92. The minimum atomic E-state index is -0.421. The van der Waals surface area contributed by atoms with Gasteiger partial charge < -0.3 is 33.3 Å². The Kier molecular flexibility index (Phi) is 7.58. The summed E-state index contributed by atoms with van der Waals surface area (Å²) in [6.45, 7) is 0.891. The van der Waals surface area contributed by atoms with Crippen molar-refractivity contribution in [1.82, 2.24) is 4.90 Å². The minimum Gasteiger partial charge on any atom is -0.493 e. The number of carbonyl (C=O) groups is 2. The Bertz CT molecular complexity index is 1400. The smallest absolute Gasteiger partial charge is 0.337 e. The molecule has 0 aliphatic carbocycles. The maximum atomic E-state index is 13.5. The van der Waals surface area contributed by atoms with Crippen molar-refractivity contribution in [3.63, 3.8) is 0 Å². The number of nitrogens with zero attached hydrogens (tertiary/aromatic N) is 1. The van der Waals surface area contributed by atoms with Crippen LogP contribution in [0.3, 0.4) is 0 Å². The Morgan fingerprint density at radius 2 is 1.69 bits per heavy atom. The lowest BCUT2D eigenvalue weighted by Crippen LogP contribution is -2.41. The second-order valence-corrected chi connectivity index (χ2v) is 8.98. The number of ether oxygens (including phenoxy) is 6. The third-order valence-corrected chi connectivity index (χ3v) is 6.78. The van der Waals surface area contributed by atoms with E-state index in [1.807, 2.05) is 30.3 Å². The number of methoxy groups -OCH3 is 3. The summed E-state index contributed by atoms with van der Waals surface area (Å²) in [6, 6.07) is 15.7. The molecule has 0 aromatic heterocycles. The van der Waals surface area contributed by atoms with Crippen LogP contribution in [0.1, 0.15) is 33.1 Å². The fourth-order valence-corrected chi connectivity index (χ4v) is 4.73. The molecule has 3 aromatic carbocycles. The molecular formula is C30H29NO8. The summed E-state index contributed by atoms with van der Waals surface area (Å²) in [5, 5.41) is 0. The second-order valence-electron chi connectivity index (χ2n) is 8.98. The van der Waals surface area contributed by atoms with Gasteiger partial charge in [-0.05, 0) is 77.7 Å². The number of rotatable bonds is 8. The Labute approximate surface area is 226 Å². The highest BCUT2D eigenvalue weighted by Crippen LogP contribution is 2.39.